The lowest BCUT2D eigenvalue weighted by Crippen LogP contribution is -2.57. The SMILES string of the molecule is O=C(c1cc[nH]c1)N(c1ccccc1)C1CC2(CCN(CC3CCCCC3)CC2)C1. The first-order valence-electron chi connectivity index (χ1n) is 12.0. The summed E-state index contributed by atoms with van der Waals surface area (Å²) in [4.78, 5) is 21.1. The van der Waals surface area contributed by atoms with Gasteiger partial charge in [0.15, 0.2) is 0 Å². The summed E-state index contributed by atoms with van der Waals surface area (Å²) in [6.07, 6.45) is 15.8. The van der Waals surface area contributed by atoms with Crippen LogP contribution in [0.15, 0.2) is 48.8 Å². The van der Waals surface area contributed by atoms with E-state index in [0.29, 0.717) is 11.5 Å². The third-order valence-corrected chi connectivity index (χ3v) is 7.96. The standard InChI is InChI=1S/C26H35N3O/c30-25(22-11-14-27-19-22)29(23-9-5-2-6-10-23)24-17-26(18-24)12-15-28(16-13-26)20-21-7-3-1-4-8-21/h2,5-6,9-11,14,19,21,24,27H,1,3-4,7-8,12-13,15-18,20H2. The van der Waals surface area contributed by atoms with Crippen molar-refractivity contribution in [1.29, 1.82) is 0 Å². The van der Waals surface area contributed by atoms with E-state index in [2.05, 4.69) is 26.9 Å². The van der Waals surface area contributed by atoms with Crippen LogP contribution < -0.4 is 4.90 Å². The number of aromatic amines is 1. The first kappa shape index (κ1) is 19.9. The summed E-state index contributed by atoms with van der Waals surface area (Å²) >= 11 is 0. The van der Waals surface area contributed by atoms with Crippen LogP contribution in [0.25, 0.3) is 0 Å². The molecule has 3 fully saturated rings. The molecule has 1 N–H and O–H groups in total. The van der Waals surface area contributed by atoms with Gasteiger partial charge in [-0.1, -0.05) is 37.5 Å². The molecule has 4 nitrogen and oxygen atoms in total. The van der Waals surface area contributed by atoms with E-state index in [-0.39, 0.29) is 5.91 Å². The Morgan fingerprint density at radius 2 is 1.77 bits per heavy atom. The number of hydrogen-bond donors (Lipinski definition) is 1. The molecule has 1 aliphatic heterocycles. The first-order chi connectivity index (χ1) is 14.7. The van der Waals surface area contributed by atoms with Crippen molar-refractivity contribution >= 4 is 11.6 Å². The number of aromatic nitrogens is 1. The van der Waals surface area contributed by atoms with E-state index < -0.39 is 0 Å². The second-order valence-corrected chi connectivity index (χ2v) is 9.98. The van der Waals surface area contributed by atoms with Crippen LogP contribution in [0.4, 0.5) is 5.69 Å². The number of H-pyrrole nitrogens is 1. The first-order valence-corrected chi connectivity index (χ1v) is 12.0. The van der Waals surface area contributed by atoms with Crippen LogP contribution in [0.1, 0.15) is 68.1 Å². The van der Waals surface area contributed by atoms with Crippen LogP contribution in [0.5, 0.6) is 0 Å². The fraction of sp³-hybridized carbons (Fsp3) is 0.577. The molecule has 2 aliphatic carbocycles. The Morgan fingerprint density at radius 1 is 1.03 bits per heavy atom. The van der Waals surface area contributed by atoms with Crippen LogP contribution in [-0.4, -0.2) is 41.5 Å². The second-order valence-electron chi connectivity index (χ2n) is 9.98. The van der Waals surface area contributed by atoms with E-state index in [9.17, 15) is 4.79 Å². The lowest BCUT2D eigenvalue weighted by molar-refractivity contribution is 0.00912. The lowest BCUT2D eigenvalue weighted by Gasteiger charge is -2.55. The van der Waals surface area contributed by atoms with Crippen molar-refractivity contribution in [1.82, 2.24) is 9.88 Å². The van der Waals surface area contributed by atoms with Crippen molar-refractivity contribution in [3.8, 4) is 0 Å². The van der Waals surface area contributed by atoms with Crippen molar-refractivity contribution in [2.45, 2.75) is 63.8 Å². The van der Waals surface area contributed by atoms with Gasteiger partial charge < -0.3 is 14.8 Å². The molecular formula is C26H35N3O. The molecule has 1 saturated heterocycles. The molecule has 2 saturated carbocycles. The molecule has 3 aliphatic rings. The van der Waals surface area contributed by atoms with Gasteiger partial charge in [-0.3, -0.25) is 4.79 Å². The van der Waals surface area contributed by atoms with Gasteiger partial charge in [-0.2, -0.15) is 0 Å². The van der Waals surface area contributed by atoms with Crippen LogP contribution in [-0.2, 0) is 0 Å². The summed E-state index contributed by atoms with van der Waals surface area (Å²) in [5.74, 6) is 1.06. The number of benzene rings is 1. The number of nitrogens with zero attached hydrogens (tertiary/aromatic N) is 2. The highest BCUT2D eigenvalue weighted by molar-refractivity contribution is 6.06. The molecule has 2 aromatic rings. The number of amides is 1. The Bertz CT molecular complexity index is 809. The second kappa shape index (κ2) is 8.58. The van der Waals surface area contributed by atoms with Gasteiger partial charge in [0.1, 0.15) is 0 Å². The van der Waals surface area contributed by atoms with Gasteiger partial charge in [0, 0.05) is 30.7 Å². The molecule has 2 heterocycles. The van der Waals surface area contributed by atoms with Gasteiger partial charge >= 0.3 is 0 Å². The largest absolute Gasteiger partial charge is 0.367 e. The highest BCUT2D eigenvalue weighted by Crippen LogP contribution is 2.52. The molecule has 0 atom stereocenters. The number of likely N-dealkylation sites (tertiary alicyclic amines) is 1. The number of carbonyl (C=O) groups excluding carboxylic acids is 1. The number of hydrogen-bond acceptors (Lipinski definition) is 2. The van der Waals surface area contributed by atoms with Gasteiger partial charge in [-0.15, -0.1) is 0 Å². The number of anilines is 1. The zero-order valence-electron chi connectivity index (χ0n) is 18.1. The molecule has 0 unspecified atom stereocenters. The molecule has 4 heteroatoms. The third-order valence-electron chi connectivity index (χ3n) is 7.96. The van der Waals surface area contributed by atoms with Crippen LogP contribution in [0, 0.1) is 11.3 Å². The molecule has 1 aromatic carbocycles. The highest BCUT2D eigenvalue weighted by Gasteiger charge is 2.49. The lowest BCUT2D eigenvalue weighted by atomic mass is 9.59. The minimum Gasteiger partial charge on any atom is -0.367 e. The monoisotopic (exact) mass is 405 g/mol. The van der Waals surface area contributed by atoms with Crippen LogP contribution >= 0.6 is 0 Å². The van der Waals surface area contributed by atoms with Crippen molar-refractivity contribution in [3.05, 3.63) is 54.4 Å². The smallest absolute Gasteiger partial charge is 0.260 e. The molecule has 1 aromatic heterocycles. The third kappa shape index (κ3) is 4.07. The van der Waals surface area contributed by atoms with E-state index in [1.54, 1.807) is 0 Å². The number of rotatable bonds is 5. The van der Waals surface area contributed by atoms with E-state index >= 15 is 0 Å². The van der Waals surface area contributed by atoms with Crippen molar-refractivity contribution in [2.75, 3.05) is 24.5 Å². The quantitative estimate of drug-likeness (QED) is 0.715. The average Bonchev–Trinajstić information content (AvgIpc) is 3.30. The van der Waals surface area contributed by atoms with Crippen molar-refractivity contribution in [2.24, 2.45) is 11.3 Å². The molecule has 0 radical (unpaired) electrons. The normalized spacial score (nSPS) is 22.7. The van der Waals surface area contributed by atoms with Crippen molar-refractivity contribution in [3.63, 3.8) is 0 Å². The molecule has 0 bridgehead atoms. The van der Waals surface area contributed by atoms with E-state index in [1.165, 1.54) is 64.6 Å². The molecule has 30 heavy (non-hydrogen) atoms. The molecule has 5 rings (SSSR count). The zero-order valence-corrected chi connectivity index (χ0v) is 18.1. The van der Waals surface area contributed by atoms with Gasteiger partial charge in [0.05, 0.1) is 5.56 Å². The van der Waals surface area contributed by atoms with E-state index in [4.69, 9.17) is 0 Å². The summed E-state index contributed by atoms with van der Waals surface area (Å²) in [5.41, 5.74) is 2.24. The summed E-state index contributed by atoms with van der Waals surface area (Å²) in [6, 6.07) is 12.4. The molecule has 160 valence electrons. The van der Waals surface area contributed by atoms with Gasteiger partial charge in [-0.05, 0) is 81.1 Å². The fourth-order valence-electron chi connectivity index (χ4n) is 6.15. The summed E-state index contributed by atoms with van der Waals surface area (Å²) in [6.45, 7) is 3.82. The predicted octanol–water partition coefficient (Wildman–Crippen LogP) is 5.49. The number of nitrogens with one attached hydrogen (secondary N) is 1. The maximum Gasteiger partial charge on any atom is 0.260 e. The Morgan fingerprint density at radius 3 is 2.43 bits per heavy atom. The number of carbonyl (C=O) groups is 1. The minimum absolute atomic E-state index is 0.122. The highest BCUT2D eigenvalue weighted by atomic mass is 16.2. The van der Waals surface area contributed by atoms with Gasteiger partial charge in [-0.25, -0.2) is 0 Å². The van der Waals surface area contributed by atoms with Crippen LogP contribution in [0.2, 0.25) is 0 Å². The number of para-hydroxylation sites is 1. The molecule has 1 amide bonds. The zero-order chi connectivity index (χ0) is 20.4. The van der Waals surface area contributed by atoms with E-state index in [1.807, 2.05) is 36.7 Å². The number of piperidine rings is 1. The Hall–Kier alpha value is -2.07. The summed E-state index contributed by atoms with van der Waals surface area (Å²) < 4.78 is 0. The van der Waals surface area contributed by atoms with E-state index in [0.717, 1.165) is 30.0 Å². The van der Waals surface area contributed by atoms with Gasteiger partial charge in [0.25, 0.3) is 5.91 Å². The van der Waals surface area contributed by atoms with Gasteiger partial charge in [0.2, 0.25) is 0 Å². The van der Waals surface area contributed by atoms with Crippen molar-refractivity contribution < 1.29 is 4.79 Å². The summed E-state index contributed by atoms with van der Waals surface area (Å²) in [5, 5.41) is 0. The molecular weight excluding hydrogens is 370 g/mol. The predicted molar refractivity (Wildman–Crippen MR) is 122 cm³/mol. The Balaban J connectivity index is 1.21. The molecule has 1 spiro atoms. The summed E-state index contributed by atoms with van der Waals surface area (Å²) in [7, 11) is 0. The maximum absolute atomic E-state index is 13.3. The topological polar surface area (TPSA) is 39.3 Å². The Labute approximate surface area is 180 Å². The van der Waals surface area contributed by atoms with Crippen LogP contribution in [0.3, 0.4) is 0 Å². The average molecular weight is 406 g/mol. The maximum atomic E-state index is 13.3. The fourth-order valence-corrected chi connectivity index (χ4v) is 6.15. The minimum atomic E-state index is 0.122. The Kier molecular flexibility index (Phi) is 5.68.